The average Bonchev–Trinajstić information content (AvgIpc) is 2.81. The van der Waals surface area contributed by atoms with Crippen LogP contribution in [-0.2, 0) is 0 Å². The Morgan fingerprint density at radius 3 is 2.60 bits per heavy atom. The van der Waals surface area contributed by atoms with Gasteiger partial charge in [-0.2, -0.15) is 0 Å². The molecule has 0 atom stereocenters. The number of rotatable bonds is 2. The first-order valence-electron chi connectivity index (χ1n) is 6.59. The number of carbonyl (C=O) groups excluding carboxylic acids is 1. The highest BCUT2D eigenvalue weighted by Crippen LogP contribution is 2.18. The van der Waals surface area contributed by atoms with Gasteiger partial charge in [0.2, 0.25) is 0 Å². The number of hydrogen-bond acceptors (Lipinski definition) is 1. The molecule has 0 radical (unpaired) electrons. The molecule has 0 saturated carbocycles. The molecule has 0 fully saturated rings. The molecule has 0 aliphatic rings. The Bertz CT molecular complexity index is 787. The zero-order chi connectivity index (χ0) is 14.1. The average molecular weight is 264 g/mol. The summed E-state index contributed by atoms with van der Waals surface area (Å²) in [4.78, 5) is 15.4. The lowest BCUT2D eigenvalue weighted by atomic mass is 10.2. The maximum Gasteiger partial charge on any atom is 0.272 e. The molecule has 2 aromatic carbocycles. The van der Waals surface area contributed by atoms with Crippen molar-refractivity contribution in [2.75, 3.05) is 5.32 Å². The van der Waals surface area contributed by atoms with Crippen molar-refractivity contribution in [1.29, 1.82) is 0 Å². The van der Waals surface area contributed by atoms with Crippen LogP contribution in [0.5, 0.6) is 0 Å². The highest BCUT2D eigenvalue weighted by atomic mass is 16.1. The van der Waals surface area contributed by atoms with Gasteiger partial charge in [0, 0.05) is 16.6 Å². The molecule has 3 heteroatoms. The minimum absolute atomic E-state index is 0.121. The first-order chi connectivity index (χ1) is 9.61. The van der Waals surface area contributed by atoms with E-state index in [0.29, 0.717) is 5.69 Å². The van der Waals surface area contributed by atoms with Crippen LogP contribution in [0.3, 0.4) is 0 Å². The minimum atomic E-state index is -0.121. The summed E-state index contributed by atoms with van der Waals surface area (Å²) in [5.41, 5.74) is 4.66. The Labute approximate surface area is 117 Å². The number of anilines is 1. The number of benzene rings is 2. The molecule has 1 heterocycles. The van der Waals surface area contributed by atoms with E-state index < -0.39 is 0 Å². The predicted molar refractivity (Wildman–Crippen MR) is 82.2 cm³/mol. The van der Waals surface area contributed by atoms with Gasteiger partial charge >= 0.3 is 0 Å². The summed E-state index contributed by atoms with van der Waals surface area (Å²) in [6.45, 7) is 4.04. The molecule has 3 nitrogen and oxygen atoms in total. The van der Waals surface area contributed by atoms with Crippen LogP contribution < -0.4 is 5.32 Å². The van der Waals surface area contributed by atoms with E-state index in [4.69, 9.17) is 0 Å². The third-order valence-corrected chi connectivity index (χ3v) is 3.30. The maximum absolute atomic E-state index is 12.2. The van der Waals surface area contributed by atoms with E-state index in [9.17, 15) is 4.79 Å². The van der Waals surface area contributed by atoms with E-state index in [1.54, 1.807) is 0 Å². The SMILES string of the molecule is Cc1cccc(NC(=O)c2cc3ccc(C)cc3[nH]2)c1. The molecule has 0 bridgehead atoms. The van der Waals surface area contributed by atoms with E-state index in [1.165, 1.54) is 5.56 Å². The Kier molecular flexibility index (Phi) is 3.03. The van der Waals surface area contributed by atoms with Crippen molar-refractivity contribution in [3.63, 3.8) is 0 Å². The third kappa shape index (κ3) is 2.43. The molecular weight excluding hydrogens is 248 g/mol. The number of amides is 1. The highest BCUT2D eigenvalue weighted by molar-refractivity contribution is 6.06. The molecule has 20 heavy (non-hydrogen) atoms. The number of aromatic amines is 1. The van der Waals surface area contributed by atoms with Crippen LogP contribution in [0.1, 0.15) is 21.6 Å². The molecule has 3 aromatic rings. The molecule has 0 unspecified atom stereocenters. The molecule has 0 spiro atoms. The summed E-state index contributed by atoms with van der Waals surface area (Å²) in [5.74, 6) is -0.121. The van der Waals surface area contributed by atoms with Crippen LogP contribution >= 0.6 is 0 Å². The smallest absolute Gasteiger partial charge is 0.272 e. The van der Waals surface area contributed by atoms with Crippen LogP contribution in [0.4, 0.5) is 5.69 Å². The van der Waals surface area contributed by atoms with E-state index >= 15 is 0 Å². The molecule has 1 amide bonds. The second-order valence-electron chi connectivity index (χ2n) is 5.10. The number of hydrogen-bond donors (Lipinski definition) is 2. The number of nitrogens with one attached hydrogen (secondary N) is 2. The van der Waals surface area contributed by atoms with Crippen LogP contribution in [-0.4, -0.2) is 10.9 Å². The Hall–Kier alpha value is -2.55. The fourth-order valence-corrected chi connectivity index (χ4v) is 2.28. The summed E-state index contributed by atoms with van der Waals surface area (Å²) in [7, 11) is 0. The van der Waals surface area contributed by atoms with Crippen molar-refractivity contribution in [2.24, 2.45) is 0 Å². The summed E-state index contributed by atoms with van der Waals surface area (Å²) >= 11 is 0. The van der Waals surface area contributed by atoms with Gasteiger partial charge in [0.1, 0.15) is 5.69 Å². The summed E-state index contributed by atoms with van der Waals surface area (Å²) in [5, 5.41) is 3.95. The van der Waals surface area contributed by atoms with E-state index in [1.807, 2.05) is 62.4 Å². The monoisotopic (exact) mass is 264 g/mol. The fourth-order valence-electron chi connectivity index (χ4n) is 2.28. The van der Waals surface area contributed by atoms with Crippen molar-refractivity contribution in [1.82, 2.24) is 4.98 Å². The van der Waals surface area contributed by atoms with Gasteiger partial charge in [-0.15, -0.1) is 0 Å². The van der Waals surface area contributed by atoms with Crippen molar-refractivity contribution in [2.45, 2.75) is 13.8 Å². The molecule has 0 aliphatic carbocycles. The zero-order valence-electron chi connectivity index (χ0n) is 11.5. The second-order valence-corrected chi connectivity index (χ2v) is 5.10. The van der Waals surface area contributed by atoms with E-state index in [-0.39, 0.29) is 5.91 Å². The van der Waals surface area contributed by atoms with Gasteiger partial charge in [-0.25, -0.2) is 0 Å². The van der Waals surface area contributed by atoms with Gasteiger partial charge in [0.05, 0.1) is 0 Å². The van der Waals surface area contributed by atoms with Crippen molar-refractivity contribution in [3.05, 3.63) is 65.4 Å². The Morgan fingerprint density at radius 2 is 1.80 bits per heavy atom. The van der Waals surface area contributed by atoms with Crippen molar-refractivity contribution in [3.8, 4) is 0 Å². The molecule has 0 aliphatic heterocycles. The Balaban J connectivity index is 1.88. The summed E-state index contributed by atoms with van der Waals surface area (Å²) in [6, 6.07) is 15.7. The van der Waals surface area contributed by atoms with Crippen LogP contribution in [0.2, 0.25) is 0 Å². The van der Waals surface area contributed by atoms with Gasteiger partial charge in [-0.05, 0) is 49.2 Å². The fraction of sp³-hybridized carbons (Fsp3) is 0.118. The molecule has 0 saturated heterocycles. The summed E-state index contributed by atoms with van der Waals surface area (Å²) in [6.07, 6.45) is 0. The van der Waals surface area contributed by atoms with Gasteiger partial charge < -0.3 is 10.3 Å². The van der Waals surface area contributed by atoms with Gasteiger partial charge in [-0.3, -0.25) is 4.79 Å². The number of aromatic nitrogens is 1. The van der Waals surface area contributed by atoms with Crippen molar-refractivity contribution < 1.29 is 4.79 Å². The lowest BCUT2D eigenvalue weighted by Gasteiger charge is -2.04. The van der Waals surface area contributed by atoms with Crippen LogP contribution in [0.25, 0.3) is 10.9 Å². The number of fused-ring (bicyclic) bond motifs is 1. The normalized spacial score (nSPS) is 10.7. The van der Waals surface area contributed by atoms with Gasteiger partial charge in [0.25, 0.3) is 5.91 Å². The first kappa shape index (κ1) is 12.5. The Morgan fingerprint density at radius 1 is 1.00 bits per heavy atom. The topological polar surface area (TPSA) is 44.9 Å². The standard InChI is InChI=1S/C17H16N2O/c1-11-4-3-5-14(8-11)18-17(20)16-10-13-7-6-12(2)9-15(13)19-16/h3-10,19H,1-2H3,(H,18,20). The van der Waals surface area contributed by atoms with Crippen molar-refractivity contribution >= 4 is 22.5 Å². The largest absolute Gasteiger partial charge is 0.351 e. The van der Waals surface area contributed by atoms with Crippen LogP contribution in [0, 0.1) is 13.8 Å². The second kappa shape index (κ2) is 4.85. The number of H-pyrrole nitrogens is 1. The summed E-state index contributed by atoms with van der Waals surface area (Å²) < 4.78 is 0. The molecule has 2 N–H and O–H groups in total. The number of aryl methyl sites for hydroxylation is 2. The highest BCUT2D eigenvalue weighted by Gasteiger charge is 2.09. The first-order valence-corrected chi connectivity index (χ1v) is 6.59. The van der Waals surface area contributed by atoms with Gasteiger partial charge in [0.15, 0.2) is 0 Å². The zero-order valence-corrected chi connectivity index (χ0v) is 11.5. The molecule has 1 aromatic heterocycles. The van der Waals surface area contributed by atoms with Gasteiger partial charge in [-0.1, -0.05) is 24.3 Å². The maximum atomic E-state index is 12.2. The van der Waals surface area contributed by atoms with Crippen LogP contribution in [0.15, 0.2) is 48.5 Å². The molecule has 100 valence electrons. The quantitative estimate of drug-likeness (QED) is 0.721. The lowest BCUT2D eigenvalue weighted by Crippen LogP contribution is -2.12. The predicted octanol–water partition coefficient (Wildman–Crippen LogP) is 4.04. The third-order valence-electron chi connectivity index (χ3n) is 3.30. The van der Waals surface area contributed by atoms with E-state index in [0.717, 1.165) is 22.2 Å². The molecular formula is C17H16N2O. The van der Waals surface area contributed by atoms with E-state index in [2.05, 4.69) is 10.3 Å². The number of carbonyl (C=O) groups is 1. The minimum Gasteiger partial charge on any atom is -0.351 e. The molecule has 3 rings (SSSR count). The lowest BCUT2D eigenvalue weighted by molar-refractivity contribution is 0.102.